The number of nitrogens with one attached hydrogen (secondary N) is 1. The maximum atomic E-state index is 13.5. The number of aromatic nitrogens is 2. The number of aliphatic hydroxyl groups is 1. The summed E-state index contributed by atoms with van der Waals surface area (Å²) < 4.78 is 15.2. The fourth-order valence-corrected chi connectivity index (χ4v) is 3.22. The number of nitrogens with zero attached hydrogens (tertiary/aromatic N) is 3. The molecule has 2 N–H and O–H groups in total. The van der Waals surface area contributed by atoms with Gasteiger partial charge in [-0.1, -0.05) is 0 Å². The van der Waals surface area contributed by atoms with Gasteiger partial charge in [-0.3, -0.25) is 14.9 Å². The van der Waals surface area contributed by atoms with Crippen LogP contribution < -0.4 is 5.32 Å². The van der Waals surface area contributed by atoms with E-state index in [0.29, 0.717) is 30.5 Å². The van der Waals surface area contributed by atoms with E-state index >= 15 is 0 Å². The molecule has 2 heterocycles. The summed E-state index contributed by atoms with van der Waals surface area (Å²) in [5, 5.41) is 13.3. The van der Waals surface area contributed by atoms with Crippen molar-refractivity contribution in [1.29, 1.82) is 0 Å². The molecule has 1 aliphatic heterocycles. The molecule has 8 heteroatoms. The van der Waals surface area contributed by atoms with Crippen molar-refractivity contribution in [2.45, 2.75) is 38.8 Å². The number of anilines is 1. The Kier molecular flexibility index (Phi) is 4.47. The van der Waals surface area contributed by atoms with Crippen LogP contribution >= 0.6 is 0 Å². The molecule has 0 radical (unpaired) electrons. The second-order valence-electron chi connectivity index (χ2n) is 6.34. The number of hydrogen-bond acceptors (Lipinski definition) is 4. The number of rotatable bonds is 3. The molecule has 1 aromatic heterocycles. The molecule has 25 heavy (non-hydrogen) atoms. The number of fused-ring (bicyclic) bond motifs is 1. The second kappa shape index (κ2) is 6.44. The molecule has 1 aliphatic rings. The van der Waals surface area contributed by atoms with Gasteiger partial charge in [-0.2, -0.15) is 0 Å². The number of likely N-dealkylation sites (tertiary alicyclic amines) is 1. The molecule has 0 bridgehead atoms. The Bertz CT molecular complexity index is 835. The van der Waals surface area contributed by atoms with Crippen molar-refractivity contribution < 1.29 is 19.1 Å². The molecule has 1 aromatic carbocycles. The van der Waals surface area contributed by atoms with Crippen LogP contribution in [0.25, 0.3) is 11.0 Å². The van der Waals surface area contributed by atoms with E-state index in [-0.39, 0.29) is 30.6 Å². The minimum Gasteiger partial charge on any atom is -0.378 e. The second-order valence-corrected chi connectivity index (χ2v) is 6.34. The number of benzene rings is 1. The zero-order valence-corrected chi connectivity index (χ0v) is 14.3. The van der Waals surface area contributed by atoms with Gasteiger partial charge in [0.1, 0.15) is 5.82 Å². The average Bonchev–Trinajstić information content (AvgIpc) is 2.91. The summed E-state index contributed by atoms with van der Waals surface area (Å²) in [6.45, 7) is 4.23. The van der Waals surface area contributed by atoms with Gasteiger partial charge in [0.15, 0.2) is 5.60 Å². The maximum Gasteiger partial charge on any atom is 0.260 e. The van der Waals surface area contributed by atoms with Crippen molar-refractivity contribution in [3.63, 3.8) is 0 Å². The zero-order chi connectivity index (χ0) is 18.2. The van der Waals surface area contributed by atoms with Crippen molar-refractivity contribution in [1.82, 2.24) is 14.5 Å². The molecular formula is C17H21FN4O3. The van der Waals surface area contributed by atoms with E-state index in [9.17, 15) is 19.1 Å². The van der Waals surface area contributed by atoms with Crippen LogP contribution in [0, 0.1) is 5.82 Å². The van der Waals surface area contributed by atoms with Crippen LogP contribution in [-0.4, -0.2) is 50.1 Å². The lowest BCUT2D eigenvalue weighted by Crippen LogP contribution is -2.56. The summed E-state index contributed by atoms with van der Waals surface area (Å²) in [5.74, 6) is -0.921. The molecule has 0 aliphatic carbocycles. The van der Waals surface area contributed by atoms with E-state index in [4.69, 9.17) is 0 Å². The number of imidazole rings is 1. The normalized spacial score (nSPS) is 20.7. The zero-order valence-electron chi connectivity index (χ0n) is 14.3. The lowest BCUT2D eigenvalue weighted by atomic mass is 9.92. The highest BCUT2D eigenvalue weighted by Gasteiger charge is 2.41. The Morgan fingerprint density at radius 1 is 1.44 bits per heavy atom. The van der Waals surface area contributed by atoms with Crippen LogP contribution in [0.5, 0.6) is 0 Å². The number of β-amino-alcohol motifs (C(OH)–C–C–N with tert-alkyl or cyclic N) is 1. The third-order valence-corrected chi connectivity index (χ3v) is 4.59. The molecule has 7 nitrogen and oxygen atoms in total. The minimum atomic E-state index is -1.66. The van der Waals surface area contributed by atoms with Crippen LogP contribution in [-0.2, 0) is 16.1 Å². The number of halogens is 1. The monoisotopic (exact) mass is 348 g/mol. The van der Waals surface area contributed by atoms with Crippen molar-refractivity contribution in [2.24, 2.45) is 0 Å². The number of carbonyl (C=O) groups excluding carboxylic acids is 2. The molecule has 1 fully saturated rings. The van der Waals surface area contributed by atoms with Crippen LogP contribution in [0.15, 0.2) is 18.2 Å². The van der Waals surface area contributed by atoms with Gasteiger partial charge in [-0.25, -0.2) is 9.37 Å². The topological polar surface area (TPSA) is 87.5 Å². The third-order valence-electron chi connectivity index (χ3n) is 4.59. The maximum absolute atomic E-state index is 13.5. The number of hydrogen-bond donors (Lipinski definition) is 2. The summed E-state index contributed by atoms with van der Waals surface area (Å²) in [5.41, 5.74) is -0.537. The van der Waals surface area contributed by atoms with Crippen molar-refractivity contribution in [3.8, 4) is 0 Å². The first kappa shape index (κ1) is 17.3. The smallest absolute Gasteiger partial charge is 0.260 e. The average molecular weight is 348 g/mol. The first-order chi connectivity index (χ1) is 11.8. The molecule has 1 saturated heterocycles. The van der Waals surface area contributed by atoms with E-state index in [2.05, 4.69) is 10.3 Å². The highest BCUT2D eigenvalue weighted by Crippen LogP contribution is 2.25. The Labute approximate surface area is 144 Å². The van der Waals surface area contributed by atoms with Gasteiger partial charge in [0, 0.05) is 20.0 Å². The highest BCUT2D eigenvalue weighted by atomic mass is 19.1. The fourth-order valence-electron chi connectivity index (χ4n) is 3.22. The summed E-state index contributed by atoms with van der Waals surface area (Å²) in [6.07, 6.45) is 0.808. The van der Waals surface area contributed by atoms with E-state index in [1.165, 1.54) is 24.0 Å². The van der Waals surface area contributed by atoms with E-state index < -0.39 is 11.5 Å². The highest BCUT2D eigenvalue weighted by molar-refractivity contribution is 5.98. The van der Waals surface area contributed by atoms with Crippen molar-refractivity contribution in [2.75, 3.05) is 18.4 Å². The number of carbonyl (C=O) groups is 2. The van der Waals surface area contributed by atoms with Gasteiger partial charge in [-0.05, 0) is 38.0 Å². The standard InChI is InChI=1S/C17H21FN4O3/c1-3-22-14-9-12(18)5-6-13(14)19-16(22)20-15(24)17(25)7-4-8-21(10-17)11(2)23/h5-6,9,25H,3-4,7-8,10H2,1-2H3,(H,19,20,24). The summed E-state index contributed by atoms with van der Waals surface area (Å²) in [7, 11) is 0. The van der Waals surface area contributed by atoms with Gasteiger partial charge in [-0.15, -0.1) is 0 Å². The lowest BCUT2D eigenvalue weighted by Gasteiger charge is -2.37. The SMILES string of the molecule is CCn1c(NC(=O)C2(O)CCCN(C(C)=O)C2)nc2ccc(F)cc21. The first-order valence-electron chi connectivity index (χ1n) is 8.29. The Morgan fingerprint density at radius 2 is 2.20 bits per heavy atom. The molecule has 2 aromatic rings. The van der Waals surface area contributed by atoms with Gasteiger partial charge in [0.25, 0.3) is 5.91 Å². The fraction of sp³-hybridized carbons (Fsp3) is 0.471. The Hall–Kier alpha value is -2.48. The van der Waals surface area contributed by atoms with Crippen molar-refractivity contribution in [3.05, 3.63) is 24.0 Å². The minimum absolute atomic E-state index is 0.0465. The van der Waals surface area contributed by atoms with Crippen molar-refractivity contribution >= 4 is 28.8 Å². The quantitative estimate of drug-likeness (QED) is 0.880. The summed E-state index contributed by atoms with van der Waals surface area (Å²) in [6, 6.07) is 4.20. The molecule has 1 atom stereocenters. The molecule has 134 valence electrons. The number of amides is 2. The Morgan fingerprint density at radius 3 is 2.88 bits per heavy atom. The molecule has 0 saturated carbocycles. The van der Waals surface area contributed by atoms with E-state index in [1.807, 2.05) is 6.92 Å². The Balaban J connectivity index is 1.87. The summed E-state index contributed by atoms with van der Waals surface area (Å²) >= 11 is 0. The number of piperidine rings is 1. The third kappa shape index (κ3) is 3.21. The molecule has 0 spiro atoms. The van der Waals surface area contributed by atoms with Crippen LogP contribution in [0.2, 0.25) is 0 Å². The van der Waals surface area contributed by atoms with Gasteiger partial charge in [0.05, 0.1) is 17.6 Å². The largest absolute Gasteiger partial charge is 0.378 e. The summed E-state index contributed by atoms with van der Waals surface area (Å²) in [4.78, 5) is 30.0. The van der Waals surface area contributed by atoms with Crippen LogP contribution in [0.3, 0.4) is 0 Å². The van der Waals surface area contributed by atoms with Crippen LogP contribution in [0.4, 0.5) is 10.3 Å². The molecule has 1 unspecified atom stereocenters. The van der Waals surface area contributed by atoms with Gasteiger partial charge in [0.2, 0.25) is 11.9 Å². The van der Waals surface area contributed by atoms with E-state index in [1.54, 1.807) is 10.6 Å². The lowest BCUT2D eigenvalue weighted by molar-refractivity contribution is -0.146. The van der Waals surface area contributed by atoms with Gasteiger partial charge < -0.3 is 14.6 Å². The molecular weight excluding hydrogens is 327 g/mol. The van der Waals surface area contributed by atoms with Gasteiger partial charge >= 0.3 is 0 Å². The predicted molar refractivity (Wildman–Crippen MR) is 90.4 cm³/mol. The number of aryl methyl sites for hydroxylation is 1. The van der Waals surface area contributed by atoms with E-state index in [0.717, 1.165) is 0 Å². The predicted octanol–water partition coefficient (Wildman–Crippen LogP) is 1.51. The van der Waals surface area contributed by atoms with Crippen LogP contribution in [0.1, 0.15) is 26.7 Å². The molecule has 3 rings (SSSR count). The molecule has 2 amide bonds. The first-order valence-corrected chi connectivity index (χ1v) is 8.29.